The summed E-state index contributed by atoms with van der Waals surface area (Å²) >= 11 is 0. The summed E-state index contributed by atoms with van der Waals surface area (Å²) in [6, 6.07) is 6.89. The van der Waals surface area contributed by atoms with Crippen molar-refractivity contribution in [2.75, 3.05) is 18.0 Å². The molecular formula is C15H14F3N3O. The van der Waals surface area contributed by atoms with Crippen molar-refractivity contribution in [1.29, 1.82) is 0 Å². The molecule has 1 saturated heterocycles. The Morgan fingerprint density at radius 1 is 1.18 bits per heavy atom. The van der Waals surface area contributed by atoms with E-state index >= 15 is 0 Å². The topological polar surface area (TPSA) is 49.2 Å². The largest absolute Gasteiger partial charge is 0.417 e. The molecule has 2 heterocycles. The minimum atomic E-state index is -4.46. The molecule has 2 aromatic rings. The first-order valence-corrected chi connectivity index (χ1v) is 6.88. The highest BCUT2D eigenvalue weighted by Crippen LogP contribution is 2.36. The number of benzene rings is 1. The van der Waals surface area contributed by atoms with E-state index in [2.05, 4.69) is 9.97 Å². The van der Waals surface area contributed by atoms with Crippen LogP contribution in [0.1, 0.15) is 12.0 Å². The fourth-order valence-electron chi connectivity index (χ4n) is 2.53. The molecule has 1 aliphatic rings. The lowest BCUT2D eigenvalue weighted by atomic mass is 10.1. The molecule has 0 amide bonds. The van der Waals surface area contributed by atoms with E-state index in [0.717, 1.165) is 6.07 Å². The summed E-state index contributed by atoms with van der Waals surface area (Å²) in [6.07, 6.45) is -2.82. The number of β-amino-alcohol motifs (C(OH)–C–C–N with tert-alkyl or cyclic N) is 1. The molecule has 22 heavy (non-hydrogen) atoms. The maximum Gasteiger partial charge on any atom is 0.417 e. The maximum absolute atomic E-state index is 13.1. The highest BCUT2D eigenvalue weighted by molar-refractivity contribution is 5.62. The molecule has 1 atom stereocenters. The molecule has 0 spiro atoms. The first-order valence-electron chi connectivity index (χ1n) is 6.88. The molecule has 1 fully saturated rings. The number of hydrogen-bond donors (Lipinski definition) is 1. The Morgan fingerprint density at radius 2 is 1.95 bits per heavy atom. The van der Waals surface area contributed by atoms with Gasteiger partial charge in [0.2, 0.25) is 0 Å². The van der Waals surface area contributed by atoms with Gasteiger partial charge in [0, 0.05) is 24.8 Å². The van der Waals surface area contributed by atoms with E-state index in [4.69, 9.17) is 0 Å². The zero-order chi connectivity index (χ0) is 15.7. The van der Waals surface area contributed by atoms with Crippen molar-refractivity contribution in [1.82, 2.24) is 9.97 Å². The van der Waals surface area contributed by atoms with Gasteiger partial charge in [-0.25, -0.2) is 9.97 Å². The van der Waals surface area contributed by atoms with E-state index in [-0.39, 0.29) is 11.4 Å². The fourth-order valence-corrected chi connectivity index (χ4v) is 2.53. The second-order valence-corrected chi connectivity index (χ2v) is 5.17. The molecular weight excluding hydrogens is 295 g/mol. The second kappa shape index (κ2) is 5.57. The molecule has 4 nitrogen and oxygen atoms in total. The van der Waals surface area contributed by atoms with Gasteiger partial charge in [-0.15, -0.1) is 0 Å². The minimum absolute atomic E-state index is 0.0341. The van der Waals surface area contributed by atoms with Gasteiger partial charge in [-0.1, -0.05) is 18.2 Å². The van der Waals surface area contributed by atoms with Crippen LogP contribution in [0.3, 0.4) is 0 Å². The average Bonchev–Trinajstić information content (AvgIpc) is 2.93. The first-order chi connectivity index (χ1) is 10.4. The van der Waals surface area contributed by atoms with Crippen molar-refractivity contribution in [3.63, 3.8) is 0 Å². The van der Waals surface area contributed by atoms with Crippen LogP contribution in [0.2, 0.25) is 0 Å². The Labute approximate surface area is 125 Å². The average molecular weight is 309 g/mol. The number of halogens is 3. The lowest BCUT2D eigenvalue weighted by Gasteiger charge is -2.17. The van der Waals surface area contributed by atoms with Gasteiger partial charge in [0.15, 0.2) is 5.82 Å². The quantitative estimate of drug-likeness (QED) is 0.927. The van der Waals surface area contributed by atoms with Crippen LogP contribution in [0.4, 0.5) is 19.0 Å². The molecule has 1 aromatic carbocycles. The van der Waals surface area contributed by atoms with Crippen LogP contribution >= 0.6 is 0 Å². The Balaban J connectivity index is 2.00. The summed E-state index contributed by atoms with van der Waals surface area (Å²) < 4.78 is 39.3. The summed E-state index contributed by atoms with van der Waals surface area (Å²) in [5.41, 5.74) is -0.801. The number of rotatable bonds is 2. The van der Waals surface area contributed by atoms with Gasteiger partial charge in [-0.3, -0.25) is 0 Å². The third-order valence-corrected chi connectivity index (χ3v) is 3.60. The molecule has 1 N–H and O–H groups in total. The van der Waals surface area contributed by atoms with Gasteiger partial charge in [-0.2, -0.15) is 13.2 Å². The number of nitrogens with zero attached hydrogens (tertiary/aromatic N) is 3. The molecule has 116 valence electrons. The van der Waals surface area contributed by atoms with Crippen molar-refractivity contribution >= 4 is 5.82 Å². The summed E-state index contributed by atoms with van der Waals surface area (Å²) in [7, 11) is 0. The highest BCUT2D eigenvalue weighted by atomic mass is 19.4. The van der Waals surface area contributed by atoms with Gasteiger partial charge < -0.3 is 10.0 Å². The number of aliphatic hydroxyl groups excluding tert-OH is 1. The molecule has 1 aliphatic heterocycles. The summed E-state index contributed by atoms with van der Waals surface area (Å²) in [5, 5.41) is 9.56. The summed E-state index contributed by atoms with van der Waals surface area (Å²) in [4.78, 5) is 10.1. The zero-order valence-electron chi connectivity index (χ0n) is 11.6. The van der Waals surface area contributed by atoms with Crippen molar-refractivity contribution in [3.8, 4) is 11.4 Å². The Kier molecular flexibility index (Phi) is 3.74. The van der Waals surface area contributed by atoms with Crippen molar-refractivity contribution in [3.05, 3.63) is 42.1 Å². The maximum atomic E-state index is 13.1. The predicted octanol–water partition coefficient (Wildman–Crippen LogP) is 2.73. The fraction of sp³-hybridized carbons (Fsp3) is 0.333. The van der Waals surface area contributed by atoms with Crippen LogP contribution in [0.5, 0.6) is 0 Å². The lowest BCUT2D eigenvalue weighted by molar-refractivity contribution is -0.137. The highest BCUT2D eigenvalue weighted by Gasteiger charge is 2.34. The molecule has 1 aromatic heterocycles. The Hall–Kier alpha value is -2.15. The third-order valence-electron chi connectivity index (χ3n) is 3.60. The number of alkyl halides is 3. The van der Waals surface area contributed by atoms with E-state index in [1.54, 1.807) is 6.07 Å². The van der Waals surface area contributed by atoms with Crippen LogP contribution in [0, 0.1) is 0 Å². The standard InChI is InChI=1S/C15H14F3N3O/c16-15(17,18)12-4-2-1-3-11(12)14-19-7-5-13(20-14)21-8-6-10(22)9-21/h1-5,7,10,22H,6,8-9H2. The van der Waals surface area contributed by atoms with E-state index in [1.807, 2.05) is 4.90 Å². The molecule has 0 saturated carbocycles. The smallest absolute Gasteiger partial charge is 0.391 e. The van der Waals surface area contributed by atoms with Crippen LogP contribution in [-0.2, 0) is 6.18 Å². The molecule has 3 rings (SSSR count). The normalized spacial score (nSPS) is 18.7. The molecule has 1 unspecified atom stereocenters. The van der Waals surface area contributed by atoms with Crippen LogP contribution in [0.15, 0.2) is 36.5 Å². The molecule has 0 aliphatic carbocycles. The minimum Gasteiger partial charge on any atom is -0.391 e. The number of aromatic nitrogens is 2. The first kappa shape index (κ1) is 14.8. The predicted molar refractivity (Wildman–Crippen MR) is 75.3 cm³/mol. The lowest BCUT2D eigenvalue weighted by Crippen LogP contribution is -2.22. The molecule has 0 bridgehead atoms. The Bertz CT molecular complexity index is 675. The molecule has 0 radical (unpaired) electrons. The van der Waals surface area contributed by atoms with Gasteiger partial charge in [0.05, 0.1) is 11.7 Å². The van der Waals surface area contributed by atoms with Crippen molar-refractivity contribution in [2.24, 2.45) is 0 Å². The van der Waals surface area contributed by atoms with Gasteiger partial charge in [0.25, 0.3) is 0 Å². The number of anilines is 1. The second-order valence-electron chi connectivity index (χ2n) is 5.17. The zero-order valence-corrected chi connectivity index (χ0v) is 11.6. The van der Waals surface area contributed by atoms with Crippen molar-refractivity contribution < 1.29 is 18.3 Å². The number of hydrogen-bond acceptors (Lipinski definition) is 4. The van der Waals surface area contributed by atoms with Crippen LogP contribution in [0.25, 0.3) is 11.4 Å². The number of aliphatic hydroxyl groups is 1. The van der Waals surface area contributed by atoms with Gasteiger partial charge in [0.1, 0.15) is 5.82 Å². The van der Waals surface area contributed by atoms with Gasteiger partial charge >= 0.3 is 6.18 Å². The third kappa shape index (κ3) is 2.89. The van der Waals surface area contributed by atoms with E-state index in [1.165, 1.54) is 24.4 Å². The molecule has 7 heteroatoms. The monoisotopic (exact) mass is 309 g/mol. The van der Waals surface area contributed by atoms with Crippen molar-refractivity contribution in [2.45, 2.75) is 18.7 Å². The summed E-state index contributed by atoms with van der Waals surface area (Å²) in [6.45, 7) is 1.05. The van der Waals surface area contributed by atoms with Crippen LogP contribution < -0.4 is 4.90 Å². The van der Waals surface area contributed by atoms with Gasteiger partial charge in [-0.05, 0) is 18.6 Å². The summed E-state index contributed by atoms with van der Waals surface area (Å²) in [5.74, 6) is 0.561. The Morgan fingerprint density at radius 3 is 2.64 bits per heavy atom. The van der Waals surface area contributed by atoms with Crippen LogP contribution in [-0.4, -0.2) is 34.3 Å². The SMILES string of the molecule is OC1CCN(c2ccnc(-c3ccccc3C(F)(F)F)n2)C1. The van der Waals surface area contributed by atoms with E-state index in [9.17, 15) is 18.3 Å². The van der Waals surface area contributed by atoms with E-state index in [0.29, 0.717) is 25.3 Å². The van der Waals surface area contributed by atoms with E-state index < -0.39 is 17.8 Å².